The monoisotopic (exact) mass is 348 g/mol. The molecule has 0 spiro atoms. The zero-order chi connectivity index (χ0) is 17.7. The largest absolute Gasteiger partial charge is 0.332 e. The van der Waals surface area contributed by atoms with Gasteiger partial charge in [0.25, 0.3) is 0 Å². The Kier molecular flexibility index (Phi) is 5.53. The van der Waals surface area contributed by atoms with Crippen LogP contribution in [0.25, 0.3) is 0 Å². The lowest BCUT2D eigenvalue weighted by Crippen LogP contribution is -2.28. The molecule has 128 valence electrons. The average molecular weight is 348 g/mol. The van der Waals surface area contributed by atoms with Gasteiger partial charge in [-0.05, 0) is 50.7 Å². The van der Waals surface area contributed by atoms with Crippen molar-refractivity contribution in [2.45, 2.75) is 25.3 Å². The molecule has 2 aromatic rings. The number of hydrogen-bond donors (Lipinski definition) is 3. The van der Waals surface area contributed by atoms with E-state index in [2.05, 4.69) is 20.3 Å². The number of urea groups is 1. The molecule has 0 saturated carbocycles. The lowest BCUT2D eigenvalue weighted by molar-refractivity contribution is 0.251. The molecule has 0 fully saturated rings. The van der Waals surface area contributed by atoms with Crippen LogP contribution in [0.5, 0.6) is 0 Å². The molecule has 24 heavy (non-hydrogen) atoms. The molecule has 1 aromatic carbocycles. The van der Waals surface area contributed by atoms with Gasteiger partial charge in [0, 0.05) is 11.4 Å². The third-order valence-corrected chi connectivity index (χ3v) is 4.94. The predicted molar refractivity (Wildman–Crippen MR) is 92.3 cm³/mol. The summed E-state index contributed by atoms with van der Waals surface area (Å²) in [7, 11) is -2.24. The Morgan fingerprint density at radius 3 is 2.58 bits per heavy atom. The van der Waals surface area contributed by atoms with Crippen LogP contribution in [-0.4, -0.2) is 26.5 Å². The maximum atomic E-state index is 12.0. The zero-order valence-corrected chi connectivity index (χ0v) is 14.6. The molecule has 0 aliphatic rings. The Balaban J connectivity index is 2.05. The molecule has 0 aliphatic carbocycles. The maximum absolute atomic E-state index is 12.0. The van der Waals surface area contributed by atoms with Crippen LogP contribution in [0.15, 0.2) is 41.3 Å². The van der Waals surface area contributed by atoms with E-state index < -0.39 is 16.1 Å². The van der Waals surface area contributed by atoms with Gasteiger partial charge in [-0.2, -0.15) is 0 Å². The number of sulfonamides is 1. The van der Waals surface area contributed by atoms with Crippen LogP contribution < -0.4 is 15.4 Å². The summed E-state index contributed by atoms with van der Waals surface area (Å²) in [5, 5.41) is 5.30. The number of aryl methyl sites for hydroxylation is 2. The van der Waals surface area contributed by atoms with Gasteiger partial charge in [0.15, 0.2) is 0 Å². The van der Waals surface area contributed by atoms with E-state index in [1.807, 2.05) is 25.1 Å². The SMILES string of the molecule is CNS(=O)(=O)c1cc(NC(=O)NCc2cccc(C)n2)ccc1C. The Morgan fingerprint density at radius 2 is 1.92 bits per heavy atom. The fourth-order valence-corrected chi connectivity index (χ4v) is 3.12. The lowest BCUT2D eigenvalue weighted by Gasteiger charge is -2.11. The molecule has 0 radical (unpaired) electrons. The third kappa shape index (κ3) is 4.53. The first-order valence-corrected chi connectivity index (χ1v) is 8.82. The summed E-state index contributed by atoms with van der Waals surface area (Å²) in [5.41, 5.74) is 2.60. The molecule has 0 unspecified atom stereocenters. The summed E-state index contributed by atoms with van der Waals surface area (Å²) >= 11 is 0. The van der Waals surface area contributed by atoms with Crippen molar-refractivity contribution in [1.82, 2.24) is 15.0 Å². The van der Waals surface area contributed by atoms with Gasteiger partial charge in [-0.1, -0.05) is 12.1 Å². The van der Waals surface area contributed by atoms with Gasteiger partial charge < -0.3 is 10.6 Å². The van der Waals surface area contributed by atoms with Crippen molar-refractivity contribution in [2.24, 2.45) is 0 Å². The van der Waals surface area contributed by atoms with E-state index in [9.17, 15) is 13.2 Å². The molecular formula is C16H20N4O3S. The first-order chi connectivity index (χ1) is 11.3. The van der Waals surface area contributed by atoms with Crippen molar-refractivity contribution in [3.8, 4) is 0 Å². The zero-order valence-electron chi connectivity index (χ0n) is 13.8. The third-order valence-electron chi connectivity index (χ3n) is 3.38. The second-order valence-electron chi connectivity index (χ2n) is 5.27. The quantitative estimate of drug-likeness (QED) is 0.768. The second-order valence-corrected chi connectivity index (χ2v) is 7.12. The Bertz CT molecular complexity index is 850. The highest BCUT2D eigenvalue weighted by Crippen LogP contribution is 2.19. The normalized spacial score (nSPS) is 11.1. The molecule has 1 aromatic heterocycles. The number of hydrogen-bond acceptors (Lipinski definition) is 4. The molecule has 8 heteroatoms. The fraction of sp³-hybridized carbons (Fsp3) is 0.250. The number of amides is 2. The lowest BCUT2D eigenvalue weighted by atomic mass is 10.2. The van der Waals surface area contributed by atoms with E-state index in [0.29, 0.717) is 11.3 Å². The van der Waals surface area contributed by atoms with Gasteiger partial charge in [0.05, 0.1) is 17.1 Å². The number of nitrogens with one attached hydrogen (secondary N) is 3. The van der Waals surface area contributed by atoms with Crippen molar-refractivity contribution >= 4 is 21.7 Å². The Labute approximate surface area is 141 Å². The van der Waals surface area contributed by atoms with E-state index in [4.69, 9.17) is 0 Å². The number of nitrogens with zero attached hydrogens (tertiary/aromatic N) is 1. The molecule has 1 heterocycles. The standard InChI is InChI=1S/C16H20N4O3S/c1-11-7-8-13(9-15(11)24(22,23)17-3)20-16(21)18-10-14-6-4-5-12(2)19-14/h4-9,17H,10H2,1-3H3,(H2,18,20,21). The predicted octanol–water partition coefficient (Wildman–Crippen LogP) is 1.93. The summed E-state index contributed by atoms with van der Waals surface area (Å²) in [6, 6.07) is 9.83. The van der Waals surface area contributed by atoms with Crippen molar-refractivity contribution in [3.05, 3.63) is 53.3 Å². The Hall–Kier alpha value is -2.45. The molecule has 0 atom stereocenters. The van der Waals surface area contributed by atoms with Crippen molar-refractivity contribution in [3.63, 3.8) is 0 Å². The maximum Gasteiger partial charge on any atom is 0.319 e. The summed E-state index contributed by atoms with van der Waals surface area (Å²) in [4.78, 5) is 16.4. The van der Waals surface area contributed by atoms with Gasteiger partial charge in [0.2, 0.25) is 10.0 Å². The first kappa shape index (κ1) is 17.9. The minimum absolute atomic E-state index is 0.128. The molecule has 0 saturated heterocycles. The molecule has 2 amide bonds. The van der Waals surface area contributed by atoms with E-state index in [1.165, 1.54) is 13.1 Å². The first-order valence-electron chi connectivity index (χ1n) is 7.33. The van der Waals surface area contributed by atoms with Crippen LogP contribution >= 0.6 is 0 Å². The molecule has 7 nitrogen and oxygen atoms in total. The average Bonchev–Trinajstić information content (AvgIpc) is 2.54. The Morgan fingerprint density at radius 1 is 1.17 bits per heavy atom. The number of rotatable bonds is 5. The van der Waals surface area contributed by atoms with Crippen LogP contribution in [0.1, 0.15) is 17.0 Å². The van der Waals surface area contributed by atoms with Gasteiger partial charge in [-0.15, -0.1) is 0 Å². The van der Waals surface area contributed by atoms with Crippen LogP contribution in [0.4, 0.5) is 10.5 Å². The molecule has 2 rings (SSSR count). The molecular weight excluding hydrogens is 328 g/mol. The highest BCUT2D eigenvalue weighted by Gasteiger charge is 2.15. The topological polar surface area (TPSA) is 100 Å². The van der Waals surface area contributed by atoms with Crippen LogP contribution in [0, 0.1) is 13.8 Å². The summed E-state index contributed by atoms with van der Waals surface area (Å²) in [6.07, 6.45) is 0. The molecule has 3 N–H and O–H groups in total. The van der Waals surface area contributed by atoms with Gasteiger partial charge in [0.1, 0.15) is 0 Å². The number of carbonyl (C=O) groups excluding carboxylic acids is 1. The highest BCUT2D eigenvalue weighted by molar-refractivity contribution is 7.89. The summed E-state index contributed by atoms with van der Waals surface area (Å²) in [5.74, 6) is 0. The van der Waals surface area contributed by atoms with Gasteiger partial charge in [-0.3, -0.25) is 4.98 Å². The van der Waals surface area contributed by atoms with Crippen LogP contribution in [-0.2, 0) is 16.6 Å². The van der Waals surface area contributed by atoms with E-state index >= 15 is 0 Å². The molecule has 0 bridgehead atoms. The van der Waals surface area contributed by atoms with E-state index in [0.717, 1.165) is 11.4 Å². The highest BCUT2D eigenvalue weighted by atomic mass is 32.2. The van der Waals surface area contributed by atoms with Crippen LogP contribution in [0.2, 0.25) is 0 Å². The van der Waals surface area contributed by atoms with E-state index in [-0.39, 0.29) is 11.4 Å². The fourth-order valence-electron chi connectivity index (χ4n) is 2.12. The van der Waals surface area contributed by atoms with Crippen molar-refractivity contribution in [1.29, 1.82) is 0 Å². The van der Waals surface area contributed by atoms with Crippen molar-refractivity contribution in [2.75, 3.05) is 12.4 Å². The summed E-state index contributed by atoms with van der Waals surface area (Å²) in [6.45, 7) is 3.85. The number of benzene rings is 1. The minimum Gasteiger partial charge on any atom is -0.332 e. The smallest absolute Gasteiger partial charge is 0.319 e. The number of pyridine rings is 1. The van der Waals surface area contributed by atoms with Crippen LogP contribution in [0.3, 0.4) is 0 Å². The second kappa shape index (κ2) is 7.41. The van der Waals surface area contributed by atoms with Crippen molar-refractivity contribution < 1.29 is 13.2 Å². The summed E-state index contributed by atoms with van der Waals surface area (Å²) < 4.78 is 26.2. The van der Waals surface area contributed by atoms with Gasteiger partial charge >= 0.3 is 6.03 Å². The number of aromatic nitrogens is 1. The van der Waals surface area contributed by atoms with E-state index in [1.54, 1.807) is 19.1 Å². The van der Waals surface area contributed by atoms with Gasteiger partial charge in [-0.25, -0.2) is 17.9 Å². The molecule has 0 aliphatic heterocycles. The number of carbonyl (C=O) groups is 1. The number of anilines is 1. The minimum atomic E-state index is -3.58.